The summed E-state index contributed by atoms with van der Waals surface area (Å²) in [5.41, 5.74) is 2.39. The van der Waals surface area contributed by atoms with Gasteiger partial charge in [0.05, 0.1) is 11.3 Å². The predicted octanol–water partition coefficient (Wildman–Crippen LogP) is 5.68. The fourth-order valence-corrected chi connectivity index (χ4v) is 5.19. The number of amides is 1. The summed E-state index contributed by atoms with van der Waals surface area (Å²) >= 11 is 6.04. The van der Waals surface area contributed by atoms with Gasteiger partial charge in [-0.1, -0.05) is 23.7 Å². The van der Waals surface area contributed by atoms with Crippen molar-refractivity contribution in [1.29, 1.82) is 0 Å². The maximum Gasteiger partial charge on any atom is 0.416 e. The van der Waals surface area contributed by atoms with Crippen molar-refractivity contribution in [2.24, 2.45) is 0 Å². The Balaban J connectivity index is 1.35. The molecule has 2 aliphatic heterocycles. The van der Waals surface area contributed by atoms with Gasteiger partial charge in [-0.25, -0.2) is 4.98 Å². The highest BCUT2D eigenvalue weighted by Gasteiger charge is 2.34. The quantitative estimate of drug-likeness (QED) is 0.434. The van der Waals surface area contributed by atoms with Crippen LogP contribution >= 0.6 is 11.6 Å². The molecule has 6 nitrogen and oxygen atoms in total. The molecule has 38 heavy (non-hydrogen) atoms. The lowest BCUT2D eigenvalue weighted by Crippen LogP contribution is -2.43. The van der Waals surface area contributed by atoms with E-state index >= 15 is 0 Å². The summed E-state index contributed by atoms with van der Waals surface area (Å²) in [5, 5.41) is 6.60. The van der Waals surface area contributed by atoms with Gasteiger partial charge >= 0.3 is 6.18 Å². The fraction of sp³-hybridized carbons (Fsp3) is 0.357. The molecule has 1 amide bonds. The SMILES string of the molecule is CN1CCC(NC(=O)c2ccc(-c3cnc4c(c3)N(Cc3cc(Cl)ccc3C(F)(F)F)CCN4)cc2)CC1. The molecule has 0 bridgehead atoms. The minimum Gasteiger partial charge on any atom is -0.367 e. The minimum absolute atomic E-state index is 0.0469. The molecule has 2 N–H and O–H groups in total. The normalized spacial score (nSPS) is 16.6. The van der Waals surface area contributed by atoms with E-state index < -0.39 is 11.7 Å². The Hall–Kier alpha value is -3.30. The molecule has 0 unspecified atom stereocenters. The van der Waals surface area contributed by atoms with Gasteiger partial charge in [-0.3, -0.25) is 4.79 Å². The molecule has 1 aromatic heterocycles. The van der Waals surface area contributed by atoms with Gasteiger partial charge in [-0.2, -0.15) is 13.2 Å². The van der Waals surface area contributed by atoms with Crippen molar-refractivity contribution in [2.75, 3.05) is 43.4 Å². The summed E-state index contributed by atoms with van der Waals surface area (Å²) in [6.07, 6.45) is -0.877. The van der Waals surface area contributed by atoms with Crippen LogP contribution in [0.1, 0.15) is 34.3 Å². The number of rotatable bonds is 5. The number of likely N-dealkylation sites (tertiary alicyclic amines) is 1. The zero-order valence-electron chi connectivity index (χ0n) is 21.0. The van der Waals surface area contributed by atoms with Crippen molar-refractivity contribution >= 4 is 29.0 Å². The van der Waals surface area contributed by atoms with Crippen molar-refractivity contribution in [3.05, 3.63) is 76.4 Å². The molecule has 1 saturated heterocycles. The predicted molar refractivity (Wildman–Crippen MR) is 144 cm³/mol. The number of alkyl halides is 3. The van der Waals surface area contributed by atoms with E-state index in [9.17, 15) is 18.0 Å². The molecule has 2 aliphatic rings. The third-order valence-electron chi connectivity index (χ3n) is 7.15. The molecule has 1 fully saturated rings. The van der Waals surface area contributed by atoms with E-state index in [1.807, 2.05) is 23.1 Å². The van der Waals surface area contributed by atoms with Crippen LogP contribution < -0.4 is 15.5 Å². The smallest absolute Gasteiger partial charge is 0.367 e. The highest BCUT2D eigenvalue weighted by molar-refractivity contribution is 6.30. The summed E-state index contributed by atoms with van der Waals surface area (Å²) in [7, 11) is 2.08. The molecule has 0 aliphatic carbocycles. The van der Waals surface area contributed by atoms with Crippen molar-refractivity contribution in [1.82, 2.24) is 15.2 Å². The number of nitrogens with zero attached hydrogens (tertiary/aromatic N) is 3. The molecular formula is C28H29ClF3N5O. The van der Waals surface area contributed by atoms with E-state index in [4.69, 9.17) is 11.6 Å². The zero-order chi connectivity index (χ0) is 26.9. The fourth-order valence-electron chi connectivity index (χ4n) is 4.99. The first-order chi connectivity index (χ1) is 18.2. The standard InChI is InChI=1S/C28H29ClF3N5O/c1-36-11-8-23(9-12-36)35-27(38)19-4-2-18(3-5-19)20-15-25-26(34-16-20)33-10-13-37(25)17-21-14-22(29)6-7-24(21)28(30,31)32/h2-7,14-16,23H,8-13,17H2,1H3,(H,33,34)(H,35,38). The van der Waals surface area contributed by atoms with Gasteiger partial charge in [0.15, 0.2) is 0 Å². The Labute approximate surface area is 224 Å². The molecular weight excluding hydrogens is 515 g/mol. The van der Waals surface area contributed by atoms with Crippen LogP contribution in [-0.2, 0) is 12.7 Å². The first-order valence-corrected chi connectivity index (χ1v) is 13.0. The van der Waals surface area contributed by atoms with E-state index in [0.717, 1.165) is 43.1 Å². The highest BCUT2D eigenvalue weighted by Crippen LogP contribution is 2.37. The van der Waals surface area contributed by atoms with E-state index in [-0.39, 0.29) is 29.1 Å². The number of carbonyl (C=O) groups is 1. The lowest BCUT2D eigenvalue weighted by atomic mass is 10.0. The van der Waals surface area contributed by atoms with E-state index in [0.29, 0.717) is 30.2 Å². The van der Waals surface area contributed by atoms with Crippen LogP contribution in [0.2, 0.25) is 5.02 Å². The lowest BCUT2D eigenvalue weighted by Gasteiger charge is -2.32. The first-order valence-electron chi connectivity index (χ1n) is 12.6. The molecule has 5 rings (SSSR count). The maximum atomic E-state index is 13.6. The van der Waals surface area contributed by atoms with E-state index in [2.05, 4.69) is 27.6 Å². The second-order valence-corrected chi connectivity index (χ2v) is 10.3. The minimum atomic E-state index is -4.47. The lowest BCUT2D eigenvalue weighted by molar-refractivity contribution is -0.138. The van der Waals surface area contributed by atoms with Crippen LogP contribution in [-0.4, -0.2) is 55.1 Å². The van der Waals surface area contributed by atoms with Gasteiger partial charge in [0.2, 0.25) is 0 Å². The van der Waals surface area contributed by atoms with E-state index in [1.54, 1.807) is 18.3 Å². The number of nitrogens with one attached hydrogen (secondary N) is 2. The summed E-state index contributed by atoms with van der Waals surface area (Å²) in [5.74, 6) is 0.525. The third-order valence-corrected chi connectivity index (χ3v) is 7.39. The van der Waals surface area contributed by atoms with Gasteiger partial charge in [-0.05, 0) is 80.5 Å². The summed E-state index contributed by atoms with van der Waals surface area (Å²) in [6.45, 7) is 3.05. The number of benzene rings is 2. The number of halogens is 4. The molecule has 0 saturated carbocycles. The van der Waals surface area contributed by atoms with E-state index in [1.165, 1.54) is 12.1 Å². The van der Waals surface area contributed by atoms with Crippen LogP contribution in [0.3, 0.4) is 0 Å². The molecule has 200 valence electrons. The average molecular weight is 544 g/mol. The average Bonchev–Trinajstić information content (AvgIpc) is 2.89. The maximum absolute atomic E-state index is 13.6. The third kappa shape index (κ3) is 5.89. The Morgan fingerprint density at radius 1 is 1.08 bits per heavy atom. The van der Waals surface area contributed by atoms with Gasteiger partial charge in [0.25, 0.3) is 5.91 Å². The molecule has 2 aromatic carbocycles. The second kappa shape index (κ2) is 10.8. The van der Waals surface area contributed by atoms with Crippen molar-refractivity contribution in [2.45, 2.75) is 31.6 Å². The molecule has 3 aromatic rings. The number of carbonyl (C=O) groups excluding carboxylic acids is 1. The van der Waals surface area contributed by atoms with Crippen LogP contribution in [0.25, 0.3) is 11.1 Å². The van der Waals surface area contributed by atoms with Gasteiger partial charge < -0.3 is 20.4 Å². The van der Waals surface area contributed by atoms with Crippen molar-refractivity contribution < 1.29 is 18.0 Å². The topological polar surface area (TPSA) is 60.5 Å². The zero-order valence-corrected chi connectivity index (χ0v) is 21.7. The highest BCUT2D eigenvalue weighted by atomic mass is 35.5. The molecule has 0 atom stereocenters. The van der Waals surface area contributed by atoms with Crippen LogP contribution in [0.15, 0.2) is 54.7 Å². The number of aromatic nitrogens is 1. The molecule has 0 spiro atoms. The van der Waals surface area contributed by atoms with Gasteiger partial charge in [0, 0.05) is 48.0 Å². The Kier molecular flexibility index (Phi) is 7.49. The number of pyridine rings is 1. The Bertz CT molecular complexity index is 1310. The number of anilines is 2. The van der Waals surface area contributed by atoms with Crippen molar-refractivity contribution in [3.8, 4) is 11.1 Å². The largest absolute Gasteiger partial charge is 0.416 e. The summed E-state index contributed by atoms with van der Waals surface area (Å²) in [6, 6.07) is 13.1. The number of piperidine rings is 1. The number of fused-ring (bicyclic) bond motifs is 1. The second-order valence-electron chi connectivity index (χ2n) is 9.87. The first kappa shape index (κ1) is 26.3. The van der Waals surface area contributed by atoms with Crippen LogP contribution in [0, 0.1) is 0 Å². The molecule has 10 heteroatoms. The Morgan fingerprint density at radius 3 is 2.53 bits per heavy atom. The molecule has 3 heterocycles. The number of hydrogen-bond acceptors (Lipinski definition) is 5. The summed E-state index contributed by atoms with van der Waals surface area (Å²) in [4.78, 5) is 21.4. The molecule has 0 radical (unpaired) electrons. The Morgan fingerprint density at radius 2 is 1.82 bits per heavy atom. The van der Waals surface area contributed by atoms with Gasteiger partial charge in [-0.15, -0.1) is 0 Å². The van der Waals surface area contributed by atoms with Crippen LogP contribution in [0.4, 0.5) is 24.7 Å². The van der Waals surface area contributed by atoms with Crippen molar-refractivity contribution in [3.63, 3.8) is 0 Å². The number of hydrogen-bond donors (Lipinski definition) is 2. The monoisotopic (exact) mass is 543 g/mol. The summed E-state index contributed by atoms with van der Waals surface area (Å²) < 4.78 is 40.9. The van der Waals surface area contributed by atoms with Gasteiger partial charge in [0.1, 0.15) is 5.82 Å². The van der Waals surface area contributed by atoms with Crippen LogP contribution in [0.5, 0.6) is 0 Å².